The van der Waals surface area contributed by atoms with Gasteiger partial charge in [0.1, 0.15) is 11.6 Å². The number of hydrogen-bond acceptors (Lipinski definition) is 1. The minimum atomic E-state index is -0.462. The largest absolute Gasteiger partial charge is 0.316 e. The fourth-order valence-electron chi connectivity index (χ4n) is 3.07. The summed E-state index contributed by atoms with van der Waals surface area (Å²) < 4.78 is 26.6. The van der Waals surface area contributed by atoms with Crippen molar-refractivity contribution in [3.63, 3.8) is 0 Å². The summed E-state index contributed by atoms with van der Waals surface area (Å²) in [5.74, 6) is 0.503. The van der Waals surface area contributed by atoms with Crippen LogP contribution in [0.3, 0.4) is 0 Å². The van der Waals surface area contributed by atoms with Gasteiger partial charge in [0.05, 0.1) is 0 Å². The quantitative estimate of drug-likeness (QED) is 0.847. The summed E-state index contributed by atoms with van der Waals surface area (Å²) in [6.45, 7) is 6.31. The average molecular weight is 267 g/mol. The van der Waals surface area contributed by atoms with E-state index in [1.807, 2.05) is 0 Å². The number of nitrogens with one attached hydrogen (secondary N) is 1. The van der Waals surface area contributed by atoms with Gasteiger partial charge in [-0.05, 0) is 61.4 Å². The molecule has 0 radical (unpaired) electrons. The van der Waals surface area contributed by atoms with Crippen LogP contribution in [0.15, 0.2) is 18.2 Å². The molecule has 2 unspecified atom stereocenters. The molecule has 0 saturated heterocycles. The molecule has 1 nitrogen and oxygen atoms in total. The van der Waals surface area contributed by atoms with E-state index in [1.54, 1.807) is 0 Å². The van der Waals surface area contributed by atoms with E-state index >= 15 is 0 Å². The maximum Gasteiger partial charge on any atom is 0.126 e. The third-order valence-electron chi connectivity index (χ3n) is 3.93. The first-order chi connectivity index (χ1) is 9.06. The van der Waals surface area contributed by atoms with E-state index < -0.39 is 11.6 Å². The third-order valence-corrected chi connectivity index (χ3v) is 3.93. The molecule has 1 aliphatic carbocycles. The second-order valence-corrected chi connectivity index (χ2v) is 6.05. The summed E-state index contributed by atoms with van der Waals surface area (Å²) in [7, 11) is 0. The Hall–Kier alpha value is -0.960. The SMILES string of the molecule is CC(C)CNCC1CCCC1c1cc(F)cc(F)c1. The molecule has 1 aromatic rings. The fraction of sp³-hybridized carbons (Fsp3) is 0.625. The van der Waals surface area contributed by atoms with E-state index in [4.69, 9.17) is 0 Å². The normalized spacial score (nSPS) is 23.2. The fourth-order valence-corrected chi connectivity index (χ4v) is 3.07. The van der Waals surface area contributed by atoms with Gasteiger partial charge in [0.2, 0.25) is 0 Å². The molecule has 0 bridgehead atoms. The molecular formula is C16H23F2N. The molecular weight excluding hydrogens is 244 g/mol. The van der Waals surface area contributed by atoms with Crippen LogP contribution in [0.25, 0.3) is 0 Å². The predicted octanol–water partition coefficient (Wildman–Crippen LogP) is 4.09. The summed E-state index contributed by atoms with van der Waals surface area (Å²) in [6, 6.07) is 3.94. The Kier molecular flexibility index (Phi) is 4.92. The van der Waals surface area contributed by atoms with Crippen molar-refractivity contribution in [1.29, 1.82) is 0 Å². The van der Waals surface area contributed by atoms with Gasteiger partial charge in [-0.3, -0.25) is 0 Å². The van der Waals surface area contributed by atoms with Gasteiger partial charge in [0, 0.05) is 6.07 Å². The van der Waals surface area contributed by atoms with Crippen molar-refractivity contribution in [2.45, 2.75) is 39.0 Å². The van der Waals surface area contributed by atoms with Crippen LogP contribution < -0.4 is 5.32 Å². The van der Waals surface area contributed by atoms with Crippen LogP contribution in [0.2, 0.25) is 0 Å². The Labute approximate surface area is 114 Å². The summed E-state index contributed by atoms with van der Waals surface area (Å²) >= 11 is 0. The van der Waals surface area contributed by atoms with Gasteiger partial charge in [-0.1, -0.05) is 20.3 Å². The zero-order valence-electron chi connectivity index (χ0n) is 11.8. The van der Waals surface area contributed by atoms with Crippen molar-refractivity contribution < 1.29 is 8.78 Å². The smallest absolute Gasteiger partial charge is 0.126 e. The van der Waals surface area contributed by atoms with E-state index in [9.17, 15) is 8.78 Å². The Morgan fingerprint density at radius 2 is 1.84 bits per heavy atom. The lowest BCUT2D eigenvalue weighted by Gasteiger charge is -2.21. The van der Waals surface area contributed by atoms with Crippen LogP contribution in [-0.2, 0) is 0 Å². The first kappa shape index (κ1) is 14.4. The molecule has 0 amide bonds. The Morgan fingerprint density at radius 3 is 2.47 bits per heavy atom. The molecule has 1 saturated carbocycles. The second kappa shape index (κ2) is 6.47. The minimum absolute atomic E-state index is 0.296. The van der Waals surface area contributed by atoms with Crippen molar-refractivity contribution in [2.24, 2.45) is 11.8 Å². The topological polar surface area (TPSA) is 12.0 Å². The highest BCUT2D eigenvalue weighted by Crippen LogP contribution is 2.39. The second-order valence-electron chi connectivity index (χ2n) is 6.05. The molecule has 3 heteroatoms. The molecule has 0 aliphatic heterocycles. The standard InChI is InChI=1S/C16H23F2N/c1-11(2)9-19-10-12-4-3-5-16(12)13-6-14(17)8-15(18)7-13/h6-8,11-12,16,19H,3-5,9-10H2,1-2H3. The Morgan fingerprint density at radius 1 is 1.16 bits per heavy atom. The highest BCUT2D eigenvalue weighted by molar-refractivity contribution is 5.23. The van der Waals surface area contributed by atoms with Gasteiger partial charge in [0.25, 0.3) is 0 Å². The molecule has 2 rings (SSSR count). The van der Waals surface area contributed by atoms with Crippen LogP contribution in [0.5, 0.6) is 0 Å². The van der Waals surface area contributed by atoms with E-state index in [0.717, 1.165) is 44.0 Å². The molecule has 2 atom stereocenters. The Bertz CT molecular complexity index is 397. The number of rotatable bonds is 5. The van der Waals surface area contributed by atoms with Crippen LogP contribution in [0.4, 0.5) is 8.78 Å². The monoisotopic (exact) mass is 267 g/mol. The summed E-state index contributed by atoms with van der Waals surface area (Å²) in [4.78, 5) is 0. The van der Waals surface area contributed by atoms with E-state index in [0.29, 0.717) is 17.8 Å². The van der Waals surface area contributed by atoms with Gasteiger partial charge in [0.15, 0.2) is 0 Å². The van der Waals surface area contributed by atoms with Gasteiger partial charge < -0.3 is 5.32 Å². The first-order valence-corrected chi connectivity index (χ1v) is 7.23. The van der Waals surface area contributed by atoms with Gasteiger partial charge in [-0.2, -0.15) is 0 Å². The van der Waals surface area contributed by atoms with Gasteiger partial charge >= 0.3 is 0 Å². The lowest BCUT2D eigenvalue weighted by Crippen LogP contribution is -2.27. The number of benzene rings is 1. The molecule has 1 aromatic carbocycles. The van der Waals surface area contributed by atoms with Crippen molar-refractivity contribution in [2.75, 3.05) is 13.1 Å². The lowest BCUT2D eigenvalue weighted by atomic mass is 9.88. The van der Waals surface area contributed by atoms with Crippen molar-refractivity contribution >= 4 is 0 Å². The van der Waals surface area contributed by atoms with Crippen molar-refractivity contribution in [1.82, 2.24) is 5.32 Å². The molecule has 0 heterocycles. The molecule has 0 aromatic heterocycles. The molecule has 1 aliphatic rings. The molecule has 1 fully saturated rings. The van der Waals surface area contributed by atoms with Crippen LogP contribution in [0, 0.1) is 23.5 Å². The third kappa shape index (κ3) is 4.00. The maximum atomic E-state index is 13.3. The van der Waals surface area contributed by atoms with E-state index in [2.05, 4.69) is 19.2 Å². The zero-order chi connectivity index (χ0) is 13.8. The first-order valence-electron chi connectivity index (χ1n) is 7.23. The predicted molar refractivity (Wildman–Crippen MR) is 74.1 cm³/mol. The number of hydrogen-bond donors (Lipinski definition) is 1. The highest BCUT2D eigenvalue weighted by Gasteiger charge is 2.28. The van der Waals surface area contributed by atoms with Crippen molar-refractivity contribution in [3.8, 4) is 0 Å². The van der Waals surface area contributed by atoms with Crippen LogP contribution in [-0.4, -0.2) is 13.1 Å². The highest BCUT2D eigenvalue weighted by atomic mass is 19.1. The van der Waals surface area contributed by atoms with E-state index in [-0.39, 0.29) is 0 Å². The minimum Gasteiger partial charge on any atom is -0.316 e. The summed E-state index contributed by atoms with van der Waals surface area (Å²) in [5, 5.41) is 3.47. The van der Waals surface area contributed by atoms with Crippen LogP contribution in [0.1, 0.15) is 44.6 Å². The maximum absolute atomic E-state index is 13.3. The molecule has 106 valence electrons. The lowest BCUT2D eigenvalue weighted by molar-refractivity contribution is 0.423. The van der Waals surface area contributed by atoms with Gasteiger partial charge in [-0.15, -0.1) is 0 Å². The average Bonchev–Trinajstić information content (AvgIpc) is 2.75. The Balaban J connectivity index is 2.01. The van der Waals surface area contributed by atoms with Gasteiger partial charge in [-0.25, -0.2) is 8.78 Å². The van der Waals surface area contributed by atoms with Crippen LogP contribution >= 0.6 is 0 Å². The number of halogens is 2. The van der Waals surface area contributed by atoms with Crippen molar-refractivity contribution in [3.05, 3.63) is 35.4 Å². The van der Waals surface area contributed by atoms with E-state index in [1.165, 1.54) is 12.1 Å². The summed E-state index contributed by atoms with van der Waals surface area (Å²) in [5.41, 5.74) is 0.825. The molecule has 19 heavy (non-hydrogen) atoms. The summed E-state index contributed by atoms with van der Waals surface area (Å²) in [6.07, 6.45) is 3.33. The molecule has 0 spiro atoms. The zero-order valence-corrected chi connectivity index (χ0v) is 11.8. The molecule has 1 N–H and O–H groups in total.